The average molecular weight is 547 g/mol. The van der Waals surface area contributed by atoms with Crippen molar-refractivity contribution in [2.24, 2.45) is 0 Å². The molecule has 2 N–H and O–H groups in total. The average Bonchev–Trinajstić information content (AvgIpc) is 3.46. The number of amides is 2. The van der Waals surface area contributed by atoms with Crippen LogP contribution in [0.1, 0.15) is 18.4 Å². The molecule has 5 rings (SSSR count). The van der Waals surface area contributed by atoms with Gasteiger partial charge < -0.3 is 15.4 Å². The van der Waals surface area contributed by atoms with Gasteiger partial charge in [0.15, 0.2) is 0 Å². The molecule has 1 aromatic heterocycles. The first kappa shape index (κ1) is 26.4. The second-order valence-electron chi connectivity index (χ2n) is 9.36. The van der Waals surface area contributed by atoms with Crippen molar-refractivity contribution in [3.8, 4) is 5.69 Å². The Morgan fingerprint density at radius 1 is 0.949 bits per heavy atom. The van der Waals surface area contributed by atoms with E-state index in [-0.39, 0.29) is 25.0 Å². The number of anilines is 1. The SMILES string of the molecule is O=C(Cc1ccc(-n2c(=O)c3ccccc3n(CC(=O)Nc3ccc(Cl)cc3)c2=O)cc1)NCC1CCCO1. The number of carbonyl (C=O) groups excluding carboxylic acids is 2. The van der Waals surface area contributed by atoms with Crippen LogP contribution in [0.4, 0.5) is 5.69 Å². The number of halogens is 1. The lowest BCUT2D eigenvalue weighted by atomic mass is 10.1. The summed E-state index contributed by atoms with van der Waals surface area (Å²) in [6.45, 7) is 0.907. The van der Waals surface area contributed by atoms with Crippen molar-refractivity contribution in [2.75, 3.05) is 18.5 Å². The zero-order chi connectivity index (χ0) is 27.4. The monoisotopic (exact) mass is 546 g/mol. The zero-order valence-electron chi connectivity index (χ0n) is 21.1. The lowest BCUT2D eigenvalue weighted by Gasteiger charge is -2.15. The van der Waals surface area contributed by atoms with E-state index in [1.165, 1.54) is 4.57 Å². The van der Waals surface area contributed by atoms with Crippen LogP contribution >= 0.6 is 11.6 Å². The summed E-state index contributed by atoms with van der Waals surface area (Å²) in [4.78, 5) is 52.1. The van der Waals surface area contributed by atoms with Gasteiger partial charge in [-0.25, -0.2) is 9.36 Å². The number of carbonyl (C=O) groups is 2. The summed E-state index contributed by atoms with van der Waals surface area (Å²) < 4.78 is 7.84. The standard InChI is InChI=1S/C29H27ClN4O5/c30-20-9-11-21(12-10-20)32-27(36)18-33-25-6-2-1-5-24(25)28(37)34(29(33)38)22-13-7-19(8-14-22)16-26(35)31-17-23-4-3-15-39-23/h1-2,5-14,23H,3-4,15-18H2,(H,31,35)(H,32,36). The van der Waals surface area contributed by atoms with Crippen molar-refractivity contribution < 1.29 is 14.3 Å². The third-order valence-electron chi connectivity index (χ3n) is 6.59. The Kier molecular flexibility index (Phi) is 7.90. The van der Waals surface area contributed by atoms with E-state index in [0.29, 0.717) is 33.8 Å². The molecular weight excluding hydrogens is 520 g/mol. The van der Waals surface area contributed by atoms with Crippen LogP contribution in [0.3, 0.4) is 0 Å². The Morgan fingerprint density at radius 2 is 1.69 bits per heavy atom. The molecule has 200 valence electrons. The van der Waals surface area contributed by atoms with Crippen LogP contribution in [0.2, 0.25) is 5.02 Å². The first-order chi connectivity index (χ1) is 18.9. The van der Waals surface area contributed by atoms with Crippen LogP contribution in [-0.2, 0) is 27.3 Å². The fourth-order valence-electron chi connectivity index (χ4n) is 4.62. The van der Waals surface area contributed by atoms with Crippen LogP contribution < -0.4 is 21.9 Å². The lowest BCUT2D eigenvalue weighted by Crippen LogP contribution is -2.40. The molecule has 1 fully saturated rings. The molecule has 3 aromatic carbocycles. The van der Waals surface area contributed by atoms with E-state index >= 15 is 0 Å². The van der Waals surface area contributed by atoms with Crippen molar-refractivity contribution in [1.29, 1.82) is 0 Å². The topological polar surface area (TPSA) is 111 Å². The van der Waals surface area contributed by atoms with E-state index in [1.54, 1.807) is 72.8 Å². The minimum absolute atomic E-state index is 0.0616. The molecule has 10 heteroatoms. The van der Waals surface area contributed by atoms with Gasteiger partial charge in [0, 0.05) is 23.9 Å². The molecule has 9 nitrogen and oxygen atoms in total. The molecule has 1 aliphatic rings. The van der Waals surface area contributed by atoms with E-state index in [9.17, 15) is 19.2 Å². The number of hydrogen-bond donors (Lipinski definition) is 2. The first-order valence-corrected chi connectivity index (χ1v) is 13.0. The lowest BCUT2D eigenvalue weighted by molar-refractivity contribution is -0.121. The summed E-state index contributed by atoms with van der Waals surface area (Å²) in [6, 6.07) is 19.9. The summed E-state index contributed by atoms with van der Waals surface area (Å²) in [5.74, 6) is -0.561. The van der Waals surface area contributed by atoms with Gasteiger partial charge in [-0.05, 0) is 66.9 Å². The predicted octanol–water partition coefficient (Wildman–Crippen LogP) is 3.28. The third-order valence-corrected chi connectivity index (χ3v) is 6.84. The zero-order valence-corrected chi connectivity index (χ0v) is 21.8. The van der Waals surface area contributed by atoms with Crippen LogP contribution in [-0.4, -0.2) is 40.2 Å². The molecule has 1 aliphatic heterocycles. The Bertz CT molecular complexity index is 1620. The molecule has 0 bridgehead atoms. The minimum atomic E-state index is -0.646. The van der Waals surface area contributed by atoms with Crippen molar-refractivity contribution in [1.82, 2.24) is 14.5 Å². The number of nitrogens with zero attached hydrogens (tertiary/aromatic N) is 2. The van der Waals surface area contributed by atoms with Gasteiger partial charge in [0.25, 0.3) is 5.56 Å². The van der Waals surface area contributed by atoms with Gasteiger partial charge in [0.2, 0.25) is 11.8 Å². The molecule has 4 aromatic rings. The minimum Gasteiger partial charge on any atom is -0.376 e. The Labute approximate surface area is 229 Å². The van der Waals surface area contributed by atoms with Gasteiger partial charge in [0.05, 0.1) is 29.1 Å². The number of aromatic nitrogens is 2. The van der Waals surface area contributed by atoms with E-state index in [1.807, 2.05) is 0 Å². The summed E-state index contributed by atoms with van der Waals surface area (Å²) in [5.41, 5.74) is 0.824. The fourth-order valence-corrected chi connectivity index (χ4v) is 4.75. The molecule has 0 aliphatic carbocycles. The normalized spacial score (nSPS) is 14.8. The molecule has 0 radical (unpaired) electrons. The van der Waals surface area contributed by atoms with Gasteiger partial charge in [-0.2, -0.15) is 0 Å². The van der Waals surface area contributed by atoms with Crippen molar-refractivity contribution in [3.63, 3.8) is 0 Å². The highest BCUT2D eigenvalue weighted by Gasteiger charge is 2.18. The van der Waals surface area contributed by atoms with Crippen LogP contribution in [0.15, 0.2) is 82.4 Å². The maximum absolute atomic E-state index is 13.6. The molecule has 0 saturated carbocycles. The Balaban J connectivity index is 1.39. The summed E-state index contributed by atoms with van der Waals surface area (Å²) in [7, 11) is 0. The van der Waals surface area contributed by atoms with Crippen LogP contribution in [0.25, 0.3) is 16.6 Å². The molecular formula is C29H27ClN4O5. The second kappa shape index (κ2) is 11.7. The number of para-hydroxylation sites is 1. The highest BCUT2D eigenvalue weighted by Crippen LogP contribution is 2.15. The third kappa shape index (κ3) is 6.10. The second-order valence-corrected chi connectivity index (χ2v) is 9.80. The van der Waals surface area contributed by atoms with Crippen molar-refractivity contribution in [3.05, 3.63) is 104 Å². The van der Waals surface area contributed by atoms with Gasteiger partial charge in [0.1, 0.15) is 6.54 Å². The molecule has 2 amide bonds. The van der Waals surface area contributed by atoms with Crippen LogP contribution in [0.5, 0.6) is 0 Å². The predicted molar refractivity (Wildman–Crippen MR) is 150 cm³/mol. The van der Waals surface area contributed by atoms with E-state index in [0.717, 1.165) is 29.6 Å². The van der Waals surface area contributed by atoms with E-state index in [2.05, 4.69) is 10.6 Å². The number of nitrogens with one attached hydrogen (secondary N) is 2. The van der Waals surface area contributed by atoms with E-state index in [4.69, 9.17) is 16.3 Å². The van der Waals surface area contributed by atoms with Crippen molar-refractivity contribution in [2.45, 2.75) is 31.9 Å². The van der Waals surface area contributed by atoms with Gasteiger partial charge in [-0.15, -0.1) is 0 Å². The fraction of sp³-hybridized carbons (Fsp3) is 0.241. The number of benzene rings is 3. The first-order valence-electron chi connectivity index (χ1n) is 12.7. The van der Waals surface area contributed by atoms with Gasteiger partial charge >= 0.3 is 5.69 Å². The quantitative estimate of drug-likeness (QED) is 0.352. The summed E-state index contributed by atoms with van der Waals surface area (Å²) in [5, 5.41) is 6.47. The molecule has 39 heavy (non-hydrogen) atoms. The van der Waals surface area contributed by atoms with Crippen LogP contribution in [0, 0.1) is 0 Å². The largest absolute Gasteiger partial charge is 0.376 e. The van der Waals surface area contributed by atoms with Gasteiger partial charge in [-0.1, -0.05) is 35.9 Å². The van der Waals surface area contributed by atoms with Crippen molar-refractivity contribution >= 4 is 40.0 Å². The van der Waals surface area contributed by atoms with Gasteiger partial charge in [-0.3, -0.25) is 19.0 Å². The maximum atomic E-state index is 13.6. The Morgan fingerprint density at radius 3 is 2.41 bits per heavy atom. The maximum Gasteiger partial charge on any atom is 0.336 e. The number of hydrogen-bond acceptors (Lipinski definition) is 5. The summed E-state index contributed by atoms with van der Waals surface area (Å²) >= 11 is 5.91. The smallest absolute Gasteiger partial charge is 0.336 e. The molecule has 1 unspecified atom stereocenters. The number of rotatable bonds is 8. The molecule has 1 atom stereocenters. The highest BCUT2D eigenvalue weighted by molar-refractivity contribution is 6.30. The molecule has 1 saturated heterocycles. The highest BCUT2D eigenvalue weighted by atomic mass is 35.5. The number of ether oxygens (including phenoxy) is 1. The number of fused-ring (bicyclic) bond motifs is 1. The van der Waals surface area contributed by atoms with E-state index < -0.39 is 17.2 Å². The molecule has 0 spiro atoms. The Hall–Kier alpha value is -4.21. The molecule has 2 heterocycles. The summed E-state index contributed by atoms with van der Waals surface area (Å²) in [6.07, 6.45) is 2.17.